The fraction of sp³-hybridized carbons (Fsp3) is 0.207. The van der Waals surface area contributed by atoms with Crippen LogP contribution in [0.15, 0.2) is 85.7 Å². The van der Waals surface area contributed by atoms with E-state index < -0.39 is 0 Å². The molecule has 1 saturated heterocycles. The van der Waals surface area contributed by atoms with Gasteiger partial charge in [-0.1, -0.05) is 24.3 Å². The number of nitrogens with zero attached hydrogens (tertiary/aromatic N) is 6. The number of nitrogens with one attached hydrogen (secondary N) is 1. The molecule has 38 heavy (non-hydrogen) atoms. The Kier molecular flexibility index (Phi) is 6.17. The molecule has 2 aromatic carbocycles. The number of amides is 2. The number of aryl methyl sites for hydroxylation is 1. The number of piperidine rings is 1. The van der Waals surface area contributed by atoms with Crippen molar-refractivity contribution in [2.75, 3.05) is 18.4 Å². The minimum atomic E-state index is -0.179. The minimum absolute atomic E-state index is 0.0337. The summed E-state index contributed by atoms with van der Waals surface area (Å²) in [4.78, 5) is 32.0. The largest absolute Gasteiger partial charge is 0.339 e. The van der Waals surface area contributed by atoms with Gasteiger partial charge in [-0.2, -0.15) is 10.2 Å². The van der Waals surface area contributed by atoms with Gasteiger partial charge in [-0.25, -0.2) is 14.2 Å². The van der Waals surface area contributed by atoms with E-state index in [9.17, 15) is 9.59 Å². The van der Waals surface area contributed by atoms with Crippen molar-refractivity contribution in [2.45, 2.75) is 25.7 Å². The van der Waals surface area contributed by atoms with Crippen LogP contribution in [0.1, 0.15) is 50.6 Å². The lowest BCUT2D eigenvalue weighted by Gasteiger charge is -2.32. The molecule has 5 aromatic rings. The van der Waals surface area contributed by atoms with E-state index in [0.717, 1.165) is 35.3 Å². The third-order valence-electron chi connectivity index (χ3n) is 7.19. The maximum absolute atomic E-state index is 13.1. The van der Waals surface area contributed by atoms with Crippen molar-refractivity contribution in [3.63, 3.8) is 0 Å². The van der Waals surface area contributed by atoms with Crippen LogP contribution in [0.4, 0.5) is 5.69 Å². The van der Waals surface area contributed by atoms with E-state index in [0.29, 0.717) is 30.1 Å². The molecule has 3 aromatic heterocycles. The van der Waals surface area contributed by atoms with Gasteiger partial charge in [0.05, 0.1) is 23.0 Å². The van der Waals surface area contributed by atoms with E-state index in [2.05, 4.69) is 32.6 Å². The predicted molar refractivity (Wildman–Crippen MR) is 144 cm³/mol. The highest BCUT2D eigenvalue weighted by Crippen LogP contribution is 2.30. The molecule has 0 aliphatic carbocycles. The lowest BCUT2D eigenvalue weighted by Crippen LogP contribution is -2.37. The number of hydrogen-bond donors (Lipinski definition) is 1. The van der Waals surface area contributed by atoms with Crippen LogP contribution in [0.3, 0.4) is 0 Å². The summed E-state index contributed by atoms with van der Waals surface area (Å²) in [5.41, 5.74) is 5.79. The standard InChI is InChI=1S/C29H27N7O2/c1-20-4-3-13-35-27(20)26(17-31-35)28(37)33-24-9-7-21(8-10-24)22-11-14-34(15-12-22)29(38)23-5-2-6-25(16-23)36-19-30-18-32-36/h2-10,13,16-19,22H,11-12,14-15H2,1H3,(H,33,37). The summed E-state index contributed by atoms with van der Waals surface area (Å²) in [6, 6.07) is 19.4. The van der Waals surface area contributed by atoms with Crippen molar-refractivity contribution in [1.82, 2.24) is 29.3 Å². The van der Waals surface area contributed by atoms with E-state index in [1.54, 1.807) is 21.7 Å². The Morgan fingerprint density at radius 3 is 2.55 bits per heavy atom. The smallest absolute Gasteiger partial charge is 0.259 e. The van der Waals surface area contributed by atoms with Crippen molar-refractivity contribution in [3.05, 3.63) is 108 Å². The lowest BCUT2D eigenvalue weighted by molar-refractivity contribution is 0.0713. The van der Waals surface area contributed by atoms with Gasteiger partial charge >= 0.3 is 0 Å². The number of aromatic nitrogens is 5. The summed E-state index contributed by atoms with van der Waals surface area (Å²) in [5, 5.41) is 11.4. The average Bonchev–Trinajstić information content (AvgIpc) is 3.65. The van der Waals surface area contributed by atoms with Gasteiger partial charge in [0.15, 0.2) is 0 Å². The van der Waals surface area contributed by atoms with Crippen LogP contribution in [0.2, 0.25) is 0 Å². The Labute approximate surface area is 219 Å². The minimum Gasteiger partial charge on any atom is -0.339 e. The Morgan fingerprint density at radius 2 is 1.79 bits per heavy atom. The van der Waals surface area contributed by atoms with Crippen LogP contribution in [0, 0.1) is 6.92 Å². The fourth-order valence-electron chi connectivity index (χ4n) is 5.14. The third kappa shape index (κ3) is 4.54. The maximum atomic E-state index is 13.1. The predicted octanol–water partition coefficient (Wildman–Crippen LogP) is 4.50. The van der Waals surface area contributed by atoms with Gasteiger partial charge in [-0.15, -0.1) is 0 Å². The molecule has 0 atom stereocenters. The molecule has 4 heterocycles. The second-order valence-electron chi connectivity index (χ2n) is 9.58. The number of benzene rings is 2. The van der Waals surface area contributed by atoms with Gasteiger partial charge in [0.25, 0.3) is 11.8 Å². The molecule has 1 fully saturated rings. The highest BCUT2D eigenvalue weighted by Gasteiger charge is 2.25. The summed E-state index contributed by atoms with van der Waals surface area (Å²) < 4.78 is 3.37. The highest BCUT2D eigenvalue weighted by atomic mass is 16.2. The zero-order valence-electron chi connectivity index (χ0n) is 21.0. The van der Waals surface area contributed by atoms with E-state index in [4.69, 9.17) is 0 Å². The topological polar surface area (TPSA) is 97.4 Å². The molecule has 9 nitrogen and oxygen atoms in total. The second-order valence-corrected chi connectivity index (χ2v) is 9.58. The SMILES string of the molecule is Cc1cccn2ncc(C(=O)Nc3ccc(C4CCN(C(=O)c5cccc(-n6cncn6)c5)CC4)cc3)c12. The first-order valence-corrected chi connectivity index (χ1v) is 12.7. The van der Waals surface area contributed by atoms with Gasteiger partial charge in [0.1, 0.15) is 12.7 Å². The molecule has 9 heteroatoms. The normalized spacial score (nSPS) is 14.1. The van der Waals surface area contributed by atoms with Crippen molar-refractivity contribution >= 4 is 23.0 Å². The number of anilines is 1. The third-order valence-corrected chi connectivity index (χ3v) is 7.19. The molecule has 0 bridgehead atoms. The van der Waals surface area contributed by atoms with E-state index in [1.807, 2.05) is 66.6 Å². The Morgan fingerprint density at radius 1 is 0.974 bits per heavy atom. The van der Waals surface area contributed by atoms with Gasteiger partial charge < -0.3 is 10.2 Å². The molecule has 1 aliphatic heterocycles. The Bertz CT molecular complexity index is 1600. The molecule has 0 spiro atoms. The molecule has 0 saturated carbocycles. The fourth-order valence-corrected chi connectivity index (χ4v) is 5.14. The van der Waals surface area contributed by atoms with Crippen molar-refractivity contribution in [1.29, 1.82) is 0 Å². The number of likely N-dealkylation sites (tertiary alicyclic amines) is 1. The summed E-state index contributed by atoms with van der Waals surface area (Å²) in [6.07, 6.45) is 8.31. The molecule has 0 radical (unpaired) electrons. The number of pyridine rings is 1. The summed E-state index contributed by atoms with van der Waals surface area (Å²) in [6.45, 7) is 3.37. The number of rotatable bonds is 5. The van der Waals surface area contributed by atoms with Crippen LogP contribution in [-0.4, -0.2) is 54.2 Å². The monoisotopic (exact) mass is 505 g/mol. The summed E-state index contributed by atoms with van der Waals surface area (Å²) in [5.74, 6) is 0.223. The molecule has 0 unspecified atom stereocenters. The molecule has 2 amide bonds. The second kappa shape index (κ2) is 9.93. The lowest BCUT2D eigenvalue weighted by atomic mass is 9.89. The number of hydrogen-bond acceptors (Lipinski definition) is 5. The highest BCUT2D eigenvalue weighted by molar-refractivity contribution is 6.09. The van der Waals surface area contributed by atoms with Gasteiger partial charge in [-0.3, -0.25) is 9.59 Å². The maximum Gasteiger partial charge on any atom is 0.259 e. The van der Waals surface area contributed by atoms with Crippen LogP contribution in [-0.2, 0) is 0 Å². The van der Waals surface area contributed by atoms with Crippen molar-refractivity contribution < 1.29 is 9.59 Å². The zero-order chi connectivity index (χ0) is 26.1. The van der Waals surface area contributed by atoms with Crippen molar-refractivity contribution in [2.24, 2.45) is 0 Å². The molecule has 190 valence electrons. The Hall–Kier alpha value is -4.79. The summed E-state index contributed by atoms with van der Waals surface area (Å²) in [7, 11) is 0. The first kappa shape index (κ1) is 23.6. The molecule has 6 rings (SSSR count). The van der Waals surface area contributed by atoms with Crippen LogP contribution < -0.4 is 5.32 Å². The molecular formula is C29H27N7O2. The average molecular weight is 506 g/mol. The first-order chi connectivity index (χ1) is 18.6. The molecule has 1 aliphatic rings. The van der Waals surface area contributed by atoms with Crippen molar-refractivity contribution in [3.8, 4) is 5.69 Å². The van der Waals surface area contributed by atoms with Gasteiger partial charge in [0, 0.05) is 30.5 Å². The van der Waals surface area contributed by atoms with Crippen LogP contribution in [0.25, 0.3) is 11.2 Å². The number of fused-ring (bicyclic) bond motifs is 1. The van der Waals surface area contributed by atoms with Crippen LogP contribution >= 0.6 is 0 Å². The summed E-state index contributed by atoms with van der Waals surface area (Å²) >= 11 is 0. The van der Waals surface area contributed by atoms with E-state index in [1.165, 1.54) is 11.9 Å². The zero-order valence-corrected chi connectivity index (χ0v) is 21.0. The van der Waals surface area contributed by atoms with Gasteiger partial charge in [-0.05, 0) is 73.2 Å². The first-order valence-electron chi connectivity index (χ1n) is 12.7. The van der Waals surface area contributed by atoms with Crippen LogP contribution in [0.5, 0.6) is 0 Å². The Balaban J connectivity index is 1.07. The van der Waals surface area contributed by atoms with E-state index in [-0.39, 0.29) is 11.8 Å². The van der Waals surface area contributed by atoms with E-state index >= 15 is 0 Å². The number of carbonyl (C=O) groups is 2. The molecule has 1 N–H and O–H groups in total. The number of carbonyl (C=O) groups excluding carboxylic acids is 2. The quantitative estimate of drug-likeness (QED) is 0.379. The van der Waals surface area contributed by atoms with Gasteiger partial charge in [0.2, 0.25) is 0 Å². The molecular weight excluding hydrogens is 478 g/mol.